The maximum atomic E-state index is 10.7. The van der Waals surface area contributed by atoms with E-state index >= 15 is 0 Å². The summed E-state index contributed by atoms with van der Waals surface area (Å²) in [6.07, 6.45) is 1.89. The highest BCUT2D eigenvalue weighted by Crippen LogP contribution is 2.19. The van der Waals surface area contributed by atoms with Gasteiger partial charge in [0.1, 0.15) is 5.75 Å². The van der Waals surface area contributed by atoms with Gasteiger partial charge < -0.3 is 5.11 Å². The van der Waals surface area contributed by atoms with Crippen molar-refractivity contribution in [3.05, 3.63) is 42.0 Å². The molecule has 0 aromatic heterocycles. The highest BCUT2D eigenvalue weighted by Gasteiger charge is 2.20. The second-order valence-electron chi connectivity index (χ2n) is 6.52. The number of hydrogen-bond acceptors (Lipinski definition) is 2. The maximum absolute atomic E-state index is 10.7. The molecule has 5 heteroatoms. The number of phenols is 1. The summed E-state index contributed by atoms with van der Waals surface area (Å²) in [6, 6.07) is 12.7. The van der Waals surface area contributed by atoms with Crippen molar-refractivity contribution < 1.29 is 5.11 Å². The molecule has 0 saturated heterocycles. The molecule has 2 rings (SSSR count). The number of phenolic OH excluding ortho intramolecular Hbond substituents is 1. The first-order valence-corrected chi connectivity index (χ1v) is 13.7. The number of hydrogen-bond donors (Lipinski definition) is 1. The van der Waals surface area contributed by atoms with Gasteiger partial charge >= 0.3 is 0 Å². The summed E-state index contributed by atoms with van der Waals surface area (Å²) >= 11 is 0. The Bertz CT molecular complexity index is 723. The quantitative estimate of drug-likeness (QED) is 0.495. The summed E-state index contributed by atoms with van der Waals surface area (Å²) in [5.41, 5.74) is 1.13. The van der Waals surface area contributed by atoms with Gasteiger partial charge in [-0.1, -0.05) is 76.4 Å². The SMILES string of the molecule is CN=Cc1ccccc1Pc1cc([Si](C)(C)C)cc([Si]C)c1O. The Morgan fingerprint density at radius 3 is 2.43 bits per heavy atom. The lowest BCUT2D eigenvalue weighted by Gasteiger charge is -2.21. The Morgan fingerprint density at radius 1 is 1.13 bits per heavy atom. The van der Waals surface area contributed by atoms with E-state index in [4.69, 9.17) is 0 Å². The summed E-state index contributed by atoms with van der Waals surface area (Å²) in [7, 11) is 1.44. The van der Waals surface area contributed by atoms with Crippen molar-refractivity contribution in [3.63, 3.8) is 0 Å². The first-order chi connectivity index (χ1) is 10.9. The smallest absolute Gasteiger partial charge is 0.121 e. The summed E-state index contributed by atoms with van der Waals surface area (Å²) in [5, 5.41) is 15.5. The molecule has 2 aromatic rings. The third-order valence-electron chi connectivity index (χ3n) is 3.74. The Labute approximate surface area is 144 Å². The number of rotatable bonds is 5. The van der Waals surface area contributed by atoms with Crippen LogP contribution < -0.4 is 21.0 Å². The molecule has 23 heavy (non-hydrogen) atoms. The van der Waals surface area contributed by atoms with E-state index in [1.165, 1.54) is 10.5 Å². The first-order valence-electron chi connectivity index (χ1n) is 7.70. The minimum atomic E-state index is -1.41. The van der Waals surface area contributed by atoms with Crippen LogP contribution in [0.25, 0.3) is 0 Å². The van der Waals surface area contributed by atoms with Crippen LogP contribution in [-0.2, 0) is 0 Å². The molecule has 120 valence electrons. The fourth-order valence-corrected chi connectivity index (χ4v) is 5.84. The fourth-order valence-electron chi connectivity index (χ4n) is 2.36. The lowest BCUT2D eigenvalue weighted by atomic mass is 10.2. The van der Waals surface area contributed by atoms with E-state index in [-0.39, 0.29) is 0 Å². The van der Waals surface area contributed by atoms with Gasteiger partial charge in [0.05, 0.1) is 17.6 Å². The van der Waals surface area contributed by atoms with Crippen molar-refractivity contribution in [3.8, 4) is 5.75 Å². The number of aromatic hydroxyl groups is 1. The van der Waals surface area contributed by atoms with Crippen molar-refractivity contribution in [2.75, 3.05) is 7.05 Å². The molecule has 0 saturated carbocycles. The Hall–Kier alpha value is -1.23. The lowest BCUT2D eigenvalue weighted by Crippen LogP contribution is -2.42. The molecule has 1 atom stereocenters. The van der Waals surface area contributed by atoms with Crippen molar-refractivity contribution in [1.29, 1.82) is 0 Å². The molecular formula is C18H24NOPSi2. The minimum absolute atomic E-state index is 0.445. The maximum Gasteiger partial charge on any atom is 0.121 e. The molecule has 0 aliphatic heterocycles. The highest BCUT2D eigenvalue weighted by atomic mass is 31.1. The molecule has 0 aliphatic rings. The van der Waals surface area contributed by atoms with E-state index < -0.39 is 8.07 Å². The van der Waals surface area contributed by atoms with Crippen LogP contribution in [0.1, 0.15) is 5.56 Å². The second-order valence-corrected chi connectivity index (χ2v) is 14.0. The Morgan fingerprint density at radius 2 is 1.83 bits per heavy atom. The summed E-state index contributed by atoms with van der Waals surface area (Å²) in [6.45, 7) is 9.19. The van der Waals surface area contributed by atoms with Gasteiger partial charge in [0.2, 0.25) is 0 Å². The summed E-state index contributed by atoms with van der Waals surface area (Å²) in [5.74, 6) is 0.481. The zero-order chi connectivity index (χ0) is 17.0. The predicted octanol–water partition coefficient (Wildman–Crippen LogP) is 1.99. The monoisotopic (exact) mass is 357 g/mol. The van der Waals surface area contributed by atoms with Gasteiger partial charge in [-0.3, -0.25) is 4.99 Å². The number of benzene rings is 2. The molecule has 0 bridgehead atoms. The topological polar surface area (TPSA) is 32.6 Å². The molecule has 1 N–H and O–H groups in total. The van der Waals surface area contributed by atoms with Crippen LogP contribution in [0.5, 0.6) is 5.75 Å². The van der Waals surface area contributed by atoms with E-state index in [1.54, 1.807) is 7.05 Å². The van der Waals surface area contributed by atoms with E-state index in [2.05, 4.69) is 61.5 Å². The second kappa shape index (κ2) is 7.56. The van der Waals surface area contributed by atoms with Crippen LogP contribution >= 0.6 is 8.58 Å². The van der Waals surface area contributed by atoms with Crippen LogP contribution in [0.4, 0.5) is 0 Å². The van der Waals surface area contributed by atoms with Crippen molar-refractivity contribution in [2.45, 2.75) is 26.2 Å². The van der Waals surface area contributed by atoms with Crippen LogP contribution in [0, 0.1) is 0 Å². The third kappa shape index (κ3) is 4.40. The average Bonchev–Trinajstić information content (AvgIpc) is 2.50. The summed E-state index contributed by atoms with van der Waals surface area (Å²) in [4.78, 5) is 4.15. The van der Waals surface area contributed by atoms with Gasteiger partial charge in [0, 0.05) is 18.6 Å². The van der Waals surface area contributed by atoms with Gasteiger partial charge in [-0.2, -0.15) is 0 Å². The standard InChI is InChI=1S/C18H24NOPSi2/c1-19-12-13-8-6-7-9-15(13)21-16-10-14(23(3,4)5)11-17(22-2)18(16)20/h6-12,20-21H,1-5H3. The summed E-state index contributed by atoms with van der Waals surface area (Å²) < 4.78 is 0. The molecule has 0 amide bonds. The number of aliphatic imine (C=N–C) groups is 1. The third-order valence-corrected chi connectivity index (χ3v) is 8.06. The van der Waals surface area contributed by atoms with Crippen LogP contribution in [0.15, 0.2) is 41.4 Å². The highest BCUT2D eigenvalue weighted by molar-refractivity contribution is 7.56. The van der Waals surface area contributed by atoms with Gasteiger partial charge in [0.25, 0.3) is 0 Å². The van der Waals surface area contributed by atoms with Gasteiger partial charge in [0.15, 0.2) is 0 Å². The first kappa shape index (κ1) is 18.1. The van der Waals surface area contributed by atoms with Gasteiger partial charge in [-0.05, 0) is 16.1 Å². The molecule has 0 aliphatic carbocycles. The van der Waals surface area contributed by atoms with Crippen LogP contribution in [-0.4, -0.2) is 36.0 Å². The molecule has 2 nitrogen and oxygen atoms in total. The molecule has 0 heterocycles. The largest absolute Gasteiger partial charge is 0.507 e. The van der Waals surface area contributed by atoms with E-state index in [9.17, 15) is 5.11 Å². The van der Waals surface area contributed by atoms with Crippen molar-refractivity contribution >= 4 is 53.4 Å². The lowest BCUT2D eigenvalue weighted by molar-refractivity contribution is 0.484. The van der Waals surface area contributed by atoms with Crippen molar-refractivity contribution in [2.24, 2.45) is 4.99 Å². The number of nitrogens with zero attached hydrogens (tertiary/aromatic N) is 1. The Balaban J connectivity index is 2.51. The zero-order valence-electron chi connectivity index (χ0n) is 14.4. The van der Waals surface area contributed by atoms with Gasteiger partial charge in [-0.15, -0.1) is 0 Å². The van der Waals surface area contributed by atoms with Gasteiger partial charge in [-0.25, -0.2) is 0 Å². The Kier molecular flexibility index (Phi) is 5.96. The normalized spacial score (nSPS) is 12.6. The predicted molar refractivity (Wildman–Crippen MR) is 110 cm³/mol. The molecule has 1 unspecified atom stereocenters. The molecular weight excluding hydrogens is 333 g/mol. The van der Waals surface area contributed by atoms with Crippen molar-refractivity contribution in [1.82, 2.24) is 0 Å². The minimum Gasteiger partial charge on any atom is -0.507 e. The molecule has 0 spiro atoms. The van der Waals surface area contributed by atoms with E-state index in [0.717, 1.165) is 16.1 Å². The van der Waals surface area contributed by atoms with Crippen LogP contribution in [0.3, 0.4) is 0 Å². The average molecular weight is 358 g/mol. The fraction of sp³-hybridized carbons (Fsp3) is 0.278. The van der Waals surface area contributed by atoms with E-state index in [1.807, 2.05) is 12.3 Å². The van der Waals surface area contributed by atoms with E-state index in [0.29, 0.717) is 23.8 Å². The molecule has 2 radical (unpaired) electrons. The molecule has 0 fully saturated rings. The van der Waals surface area contributed by atoms with Crippen LogP contribution in [0.2, 0.25) is 26.2 Å². The molecule has 2 aromatic carbocycles. The zero-order valence-corrected chi connectivity index (χ0v) is 17.4.